The van der Waals surface area contributed by atoms with E-state index in [1.165, 1.54) is 27.5 Å². The van der Waals surface area contributed by atoms with Gasteiger partial charge in [0.2, 0.25) is 0 Å². The van der Waals surface area contributed by atoms with Crippen molar-refractivity contribution in [2.75, 3.05) is 0 Å². The molecule has 0 saturated carbocycles. The van der Waals surface area contributed by atoms with Gasteiger partial charge in [0, 0.05) is 0 Å². The van der Waals surface area contributed by atoms with E-state index < -0.39 is 0 Å². The topological polar surface area (TPSA) is 0 Å². The summed E-state index contributed by atoms with van der Waals surface area (Å²) < 4.78 is 1.58. The van der Waals surface area contributed by atoms with Crippen LogP contribution < -0.4 is 0 Å². The van der Waals surface area contributed by atoms with E-state index in [1.54, 1.807) is 3.79 Å². The Morgan fingerprint density at radius 3 is 2.12 bits per heavy atom. The maximum atomic E-state index is 2.19. The van der Waals surface area contributed by atoms with Crippen LogP contribution in [0.4, 0.5) is 0 Å². The van der Waals surface area contributed by atoms with Gasteiger partial charge in [0.1, 0.15) is 0 Å². The summed E-state index contributed by atoms with van der Waals surface area (Å²) in [6.07, 6.45) is 7.71. The molecular weight excluding hydrogens is 312 g/mol. The Morgan fingerprint density at radius 1 is 1.38 bits per heavy atom. The van der Waals surface area contributed by atoms with E-state index in [2.05, 4.69) is 18.2 Å². The first-order valence-corrected chi connectivity index (χ1v) is 3.55. The fourth-order valence-electron chi connectivity index (χ4n) is 0.436. The normalized spacial score (nSPS) is 13.8. The van der Waals surface area contributed by atoms with E-state index in [9.17, 15) is 0 Å². The first kappa shape index (κ1) is 11.6. The Balaban J connectivity index is 0. The minimum absolute atomic E-state index is 0. The van der Waals surface area contributed by atoms with E-state index in [4.69, 9.17) is 0 Å². The Hall–Kier alpha value is 0.800. The Bertz CT molecular complexity index is 107. The molecule has 0 unspecified atom stereocenters. The standard InChI is InChI=1S/C5H5.2ClH.Ta/c1-2-4-5-3-1;;;/h1-3H,4H2;2*1H;. The van der Waals surface area contributed by atoms with Crippen LogP contribution in [0, 0.1) is 0 Å². The van der Waals surface area contributed by atoms with E-state index in [0.717, 1.165) is 0 Å². The molecule has 0 spiro atoms. The van der Waals surface area contributed by atoms with Gasteiger partial charge in [-0.05, 0) is 0 Å². The second kappa shape index (κ2) is 5.93. The number of hydrogen-bond acceptors (Lipinski definition) is 0. The van der Waals surface area contributed by atoms with Gasteiger partial charge < -0.3 is 0 Å². The summed E-state index contributed by atoms with van der Waals surface area (Å²) in [5, 5.41) is 0. The van der Waals surface area contributed by atoms with Crippen LogP contribution in [-0.2, 0) is 21.1 Å². The Labute approximate surface area is 74.2 Å². The van der Waals surface area contributed by atoms with Crippen LogP contribution in [0.5, 0.6) is 0 Å². The summed E-state index contributed by atoms with van der Waals surface area (Å²) >= 11 is 1.43. The van der Waals surface area contributed by atoms with Crippen molar-refractivity contribution in [3.05, 3.63) is 22.0 Å². The van der Waals surface area contributed by atoms with Gasteiger partial charge >= 0.3 is 49.5 Å². The van der Waals surface area contributed by atoms with E-state index >= 15 is 0 Å². The summed E-state index contributed by atoms with van der Waals surface area (Å²) in [5.41, 5.74) is 0. The number of hydrogen-bond donors (Lipinski definition) is 0. The monoisotopic (exact) mass is 318 g/mol. The predicted octanol–water partition coefficient (Wildman–Crippen LogP) is 2.22. The van der Waals surface area contributed by atoms with Crippen LogP contribution in [0.2, 0.25) is 0 Å². The molecule has 0 N–H and O–H groups in total. The van der Waals surface area contributed by atoms with Gasteiger partial charge in [-0.2, -0.15) is 0 Å². The van der Waals surface area contributed by atoms with E-state index in [1.807, 2.05) is 0 Å². The molecule has 0 nitrogen and oxygen atoms in total. The molecule has 0 aromatic heterocycles. The van der Waals surface area contributed by atoms with Crippen molar-refractivity contribution in [1.29, 1.82) is 0 Å². The molecule has 0 aromatic rings. The van der Waals surface area contributed by atoms with Crippen molar-refractivity contribution in [3.63, 3.8) is 0 Å². The molecule has 0 fully saturated rings. The summed E-state index contributed by atoms with van der Waals surface area (Å²) in [7, 11) is 0. The van der Waals surface area contributed by atoms with Crippen LogP contribution in [-0.4, -0.2) is 0 Å². The first-order chi connectivity index (χ1) is 2.89. The molecule has 0 aromatic carbocycles. The van der Waals surface area contributed by atoms with Crippen molar-refractivity contribution in [3.8, 4) is 0 Å². The summed E-state index contributed by atoms with van der Waals surface area (Å²) in [4.78, 5) is 0. The van der Waals surface area contributed by atoms with Crippen LogP contribution >= 0.6 is 24.8 Å². The molecule has 0 bridgehead atoms. The first-order valence-electron chi connectivity index (χ1n) is 1.94. The predicted molar refractivity (Wildman–Crippen MR) is 36.3 cm³/mol. The minimum atomic E-state index is 0. The Kier molecular flexibility index (Phi) is 8.58. The fraction of sp³-hybridized carbons (Fsp3) is 0.200. The molecule has 0 atom stereocenters. The average molecular weight is 319 g/mol. The van der Waals surface area contributed by atoms with Gasteiger partial charge in [-0.1, -0.05) is 0 Å². The third-order valence-corrected chi connectivity index (χ3v) is 1.94. The molecule has 8 heavy (non-hydrogen) atoms. The van der Waals surface area contributed by atoms with Crippen molar-refractivity contribution in [2.45, 2.75) is 6.42 Å². The van der Waals surface area contributed by atoms with Gasteiger partial charge in [-0.3, -0.25) is 0 Å². The third-order valence-electron chi connectivity index (χ3n) is 0.752. The molecule has 1 aliphatic rings. The fourth-order valence-corrected chi connectivity index (χ4v) is 1.12. The second-order valence-corrected chi connectivity index (χ2v) is 3.35. The van der Waals surface area contributed by atoms with Crippen molar-refractivity contribution >= 4 is 24.8 Å². The van der Waals surface area contributed by atoms with Gasteiger partial charge in [0.05, 0.1) is 0 Å². The molecule has 0 radical (unpaired) electrons. The average Bonchev–Trinajstić information content (AvgIpc) is 1.86. The van der Waals surface area contributed by atoms with Crippen molar-refractivity contribution in [1.82, 2.24) is 0 Å². The van der Waals surface area contributed by atoms with Crippen molar-refractivity contribution in [2.24, 2.45) is 0 Å². The zero-order valence-corrected chi connectivity index (χ0v) is 9.05. The van der Waals surface area contributed by atoms with E-state index in [-0.39, 0.29) is 24.8 Å². The van der Waals surface area contributed by atoms with Crippen LogP contribution in [0.25, 0.3) is 0 Å². The zero-order valence-electron chi connectivity index (χ0n) is 4.20. The molecule has 0 saturated heterocycles. The van der Waals surface area contributed by atoms with Crippen LogP contribution in [0.15, 0.2) is 22.0 Å². The third kappa shape index (κ3) is 3.76. The maximum absolute atomic E-state index is 2.19. The summed E-state index contributed by atoms with van der Waals surface area (Å²) in [6, 6.07) is 0. The van der Waals surface area contributed by atoms with Crippen molar-refractivity contribution < 1.29 is 21.1 Å². The quantitative estimate of drug-likeness (QED) is 0.642. The van der Waals surface area contributed by atoms with Gasteiger partial charge in [-0.15, -0.1) is 24.8 Å². The SMILES string of the molecule is Cl.Cl.[Ta][C]1=CC=CC1. The van der Waals surface area contributed by atoms with Gasteiger partial charge in [0.15, 0.2) is 0 Å². The number of rotatable bonds is 0. The van der Waals surface area contributed by atoms with Gasteiger partial charge in [-0.25, -0.2) is 0 Å². The molecular formula is C5H7Cl2Ta. The molecule has 0 amide bonds. The molecule has 3 heteroatoms. The Morgan fingerprint density at radius 2 is 2.00 bits per heavy atom. The summed E-state index contributed by atoms with van der Waals surface area (Å²) in [5.74, 6) is 0. The molecule has 1 rings (SSSR count). The molecule has 0 aliphatic heterocycles. The van der Waals surface area contributed by atoms with E-state index in [0.29, 0.717) is 0 Å². The zero-order chi connectivity index (χ0) is 4.41. The van der Waals surface area contributed by atoms with Gasteiger partial charge in [0.25, 0.3) is 0 Å². The van der Waals surface area contributed by atoms with Crippen LogP contribution in [0.3, 0.4) is 0 Å². The molecule has 1 aliphatic carbocycles. The number of halogens is 2. The summed E-state index contributed by atoms with van der Waals surface area (Å²) in [6.45, 7) is 0. The number of allylic oxidation sites excluding steroid dienone is 4. The second-order valence-electron chi connectivity index (χ2n) is 1.29. The molecule has 0 heterocycles. The van der Waals surface area contributed by atoms with Crippen LogP contribution in [0.1, 0.15) is 6.42 Å². The molecule has 46 valence electrons.